The number of carbonyl (C=O) groups excluding carboxylic acids is 1. The van der Waals surface area contributed by atoms with E-state index in [2.05, 4.69) is 22.6 Å². The number of nitrogens with one attached hydrogen (secondary N) is 1. The van der Waals surface area contributed by atoms with Gasteiger partial charge in [0.15, 0.2) is 11.7 Å². The first-order valence-electron chi connectivity index (χ1n) is 5.06. The molecule has 0 amide bonds. The Balaban J connectivity index is 3.59. The summed E-state index contributed by atoms with van der Waals surface area (Å²) < 4.78 is 0. The Morgan fingerprint density at radius 2 is 2.40 bits per heavy atom. The largest absolute Gasteiger partial charge is 0.370 e. The first-order valence-corrected chi connectivity index (χ1v) is 5.06. The maximum atomic E-state index is 10.9. The number of hydrogen-bond acceptors (Lipinski definition) is 2. The quantitative estimate of drug-likeness (QED) is 0.220. The lowest BCUT2D eigenvalue weighted by Crippen LogP contribution is -2.64. The standard InChI is InChI=1S/C10H20N4O/c1-3-6-13-10(12)14-7-4-5-9(11)8(2)15/h3,9H,1,4-7,11H2,2H3,(H3,12,13,14)/p+1. The van der Waals surface area contributed by atoms with Crippen molar-refractivity contribution in [3.8, 4) is 0 Å². The summed E-state index contributed by atoms with van der Waals surface area (Å²) in [5.41, 5.74) is 9.29. The Bertz CT molecular complexity index is 238. The molecule has 0 aromatic carbocycles. The number of aliphatic imine (C=N–C) groups is 1. The molecule has 15 heavy (non-hydrogen) atoms. The molecule has 0 saturated heterocycles. The molecule has 0 spiro atoms. The van der Waals surface area contributed by atoms with Crippen LogP contribution in [0.25, 0.3) is 0 Å². The number of quaternary nitrogens is 1. The van der Waals surface area contributed by atoms with E-state index in [9.17, 15) is 4.79 Å². The highest BCUT2D eigenvalue weighted by atomic mass is 16.1. The van der Waals surface area contributed by atoms with Crippen LogP contribution in [0.4, 0.5) is 0 Å². The topological polar surface area (TPSA) is 95.1 Å². The molecule has 0 aliphatic heterocycles. The summed E-state index contributed by atoms with van der Waals surface area (Å²) in [6, 6.07) is -0.123. The van der Waals surface area contributed by atoms with E-state index >= 15 is 0 Å². The van der Waals surface area contributed by atoms with Gasteiger partial charge in [-0.15, -0.1) is 6.58 Å². The monoisotopic (exact) mass is 213 g/mol. The van der Waals surface area contributed by atoms with E-state index in [4.69, 9.17) is 5.73 Å². The molecule has 0 radical (unpaired) electrons. The van der Waals surface area contributed by atoms with Crippen LogP contribution >= 0.6 is 0 Å². The number of nitrogens with zero attached hydrogens (tertiary/aromatic N) is 1. The molecule has 1 unspecified atom stereocenters. The van der Waals surface area contributed by atoms with Gasteiger partial charge in [0.25, 0.3) is 0 Å². The second kappa shape index (κ2) is 7.99. The van der Waals surface area contributed by atoms with Gasteiger partial charge < -0.3 is 16.8 Å². The van der Waals surface area contributed by atoms with Crippen LogP contribution in [-0.2, 0) is 4.79 Å². The van der Waals surface area contributed by atoms with Gasteiger partial charge in [0.05, 0.1) is 0 Å². The van der Waals surface area contributed by atoms with Crippen molar-refractivity contribution < 1.29 is 10.5 Å². The molecule has 0 aliphatic rings. The second-order valence-corrected chi connectivity index (χ2v) is 3.39. The van der Waals surface area contributed by atoms with Crippen molar-refractivity contribution in [1.82, 2.24) is 5.32 Å². The minimum Gasteiger partial charge on any atom is -0.370 e. The molecular weight excluding hydrogens is 192 g/mol. The lowest BCUT2D eigenvalue weighted by Gasteiger charge is -2.04. The van der Waals surface area contributed by atoms with Crippen molar-refractivity contribution in [3.63, 3.8) is 0 Å². The van der Waals surface area contributed by atoms with Crippen molar-refractivity contribution >= 4 is 11.7 Å². The maximum absolute atomic E-state index is 10.9. The molecule has 0 aromatic heterocycles. The molecule has 5 heteroatoms. The Morgan fingerprint density at radius 3 is 2.93 bits per heavy atom. The Hall–Kier alpha value is -1.36. The third-order valence-electron chi connectivity index (χ3n) is 2.00. The van der Waals surface area contributed by atoms with Gasteiger partial charge in [0.1, 0.15) is 6.04 Å². The van der Waals surface area contributed by atoms with E-state index in [1.54, 1.807) is 13.0 Å². The maximum Gasteiger partial charge on any atom is 0.188 e. The van der Waals surface area contributed by atoms with Crippen LogP contribution in [0.15, 0.2) is 17.6 Å². The molecule has 0 saturated carbocycles. The van der Waals surface area contributed by atoms with Crippen molar-refractivity contribution in [2.75, 3.05) is 13.1 Å². The van der Waals surface area contributed by atoms with E-state index in [1.165, 1.54) is 0 Å². The molecule has 86 valence electrons. The van der Waals surface area contributed by atoms with E-state index in [0.717, 1.165) is 12.8 Å². The van der Waals surface area contributed by atoms with Gasteiger partial charge in [0, 0.05) is 26.4 Å². The highest BCUT2D eigenvalue weighted by Gasteiger charge is 2.10. The number of Topliss-reactive ketones (excluding diaryl/α,β-unsaturated/α-hetero) is 1. The molecule has 0 bridgehead atoms. The molecule has 0 aliphatic carbocycles. The lowest BCUT2D eigenvalue weighted by molar-refractivity contribution is -0.404. The molecule has 0 fully saturated rings. The average molecular weight is 213 g/mol. The zero-order valence-corrected chi connectivity index (χ0v) is 9.33. The SMILES string of the molecule is C=CCNC(N)=NCCCC([NH3+])C(C)=O. The summed E-state index contributed by atoms with van der Waals surface area (Å²) in [4.78, 5) is 15.0. The van der Waals surface area contributed by atoms with Crippen molar-refractivity contribution in [3.05, 3.63) is 12.7 Å². The van der Waals surface area contributed by atoms with Gasteiger partial charge in [-0.3, -0.25) is 9.79 Å². The van der Waals surface area contributed by atoms with Crippen molar-refractivity contribution in [2.24, 2.45) is 10.7 Å². The summed E-state index contributed by atoms with van der Waals surface area (Å²) in [7, 11) is 0. The number of rotatable bonds is 7. The summed E-state index contributed by atoms with van der Waals surface area (Å²) >= 11 is 0. The van der Waals surface area contributed by atoms with E-state index in [-0.39, 0.29) is 11.8 Å². The molecule has 0 rings (SSSR count). The summed E-state index contributed by atoms with van der Waals surface area (Å²) in [6.45, 7) is 6.34. The summed E-state index contributed by atoms with van der Waals surface area (Å²) in [5, 5.41) is 2.87. The van der Waals surface area contributed by atoms with E-state index < -0.39 is 0 Å². The number of carbonyl (C=O) groups is 1. The van der Waals surface area contributed by atoms with E-state index in [0.29, 0.717) is 19.0 Å². The smallest absolute Gasteiger partial charge is 0.188 e. The number of ketones is 1. The minimum atomic E-state index is -0.123. The van der Waals surface area contributed by atoms with Gasteiger partial charge in [-0.2, -0.15) is 0 Å². The van der Waals surface area contributed by atoms with Gasteiger partial charge >= 0.3 is 0 Å². The average Bonchev–Trinajstić information content (AvgIpc) is 2.20. The van der Waals surface area contributed by atoms with Crippen LogP contribution < -0.4 is 16.8 Å². The van der Waals surface area contributed by atoms with Gasteiger partial charge in [-0.25, -0.2) is 0 Å². The normalized spacial score (nSPS) is 13.3. The Kier molecular flexibility index (Phi) is 7.27. The van der Waals surface area contributed by atoms with Crippen LogP contribution in [0.1, 0.15) is 19.8 Å². The Morgan fingerprint density at radius 1 is 1.73 bits per heavy atom. The summed E-state index contributed by atoms with van der Waals surface area (Å²) in [6.07, 6.45) is 3.29. The van der Waals surface area contributed by atoms with Gasteiger partial charge in [0.2, 0.25) is 0 Å². The van der Waals surface area contributed by atoms with Gasteiger partial charge in [-0.05, 0) is 6.42 Å². The number of nitrogens with two attached hydrogens (primary N) is 1. The second-order valence-electron chi connectivity index (χ2n) is 3.39. The van der Waals surface area contributed by atoms with E-state index in [1.807, 2.05) is 0 Å². The molecule has 0 aromatic rings. The minimum absolute atomic E-state index is 0.122. The predicted octanol–water partition coefficient (Wildman–Crippen LogP) is -0.944. The molecule has 5 nitrogen and oxygen atoms in total. The fourth-order valence-electron chi connectivity index (χ4n) is 0.973. The highest BCUT2D eigenvalue weighted by Crippen LogP contribution is 1.94. The van der Waals surface area contributed by atoms with Crippen molar-refractivity contribution in [1.29, 1.82) is 0 Å². The van der Waals surface area contributed by atoms with Crippen LogP contribution in [0, 0.1) is 0 Å². The summed E-state index contributed by atoms with van der Waals surface area (Å²) in [5.74, 6) is 0.537. The predicted molar refractivity (Wildman–Crippen MR) is 61.3 cm³/mol. The zero-order valence-electron chi connectivity index (χ0n) is 9.33. The fraction of sp³-hybridized carbons (Fsp3) is 0.600. The molecule has 6 N–H and O–H groups in total. The number of guanidine groups is 1. The third kappa shape index (κ3) is 7.69. The lowest BCUT2D eigenvalue weighted by atomic mass is 10.1. The van der Waals surface area contributed by atoms with Crippen molar-refractivity contribution in [2.45, 2.75) is 25.8 Å². The zero-order chi connectivity index (χ0) is 11.7. The Labute approximate surface area is 90.6 Å². The molecule has 1 atom stereocenters. The fourth-order valence-corrected chi connectivity index (χ4v) is 0.973. The molecule has 0 heterocycles. The van der Waals surface area contributed by atoms with Gasteiger partial charge in [-0.1, -0.05) is 6.08 Å². The number of hydrogen-bond donors (Lipinski definition) is 3. The van der Waals surface area contributed by atoms with Crippen LogP contribution in [0.3, 0.4) is 0 Å². The first-order chi connectivity index (χ1) is 7.07. The third-order valence-corrected chi connectivity index (χ3v) is 2.00. The first kappa shape index (κ1) is 13.6. The van der Waals surface area contributed by atoms with Crippen LogP contribution in [0.2, 0.25) is 0 Å². The van der Waals surface area contributed by atoms with Crippen LogP contribution in [0.5, 0.6) is 0 Å². The highest BCUT2D eigenvalue weighted by molar-refractivity contribution is 5.79. The van der Waals surface area contributed by atoms with Crippen LogP contribution in [-0.4, -0.2) is 30.9 Å². The molecular formula is C10H21N4O+.